The molecule has 1 saturated carbocycles. The molecule has 0 spiro atoms. The molecule has 0 bridgehead atoms. The Morgan fingerprint density at radius 3 is 2.50 bits per heavy atom. The Morgan fingerprint density at radius 1 is 1.31 bits per heavy atom. The van der Waals surface area contributed by atoms with Crippen LogP contribution in [-0.2, 0) is 0 Å². The van der Waals surface area contributed by atoms with E-state index in [0.717, 1.165) is 25.4 Å². The Kier molecular flexibility index (Phi) is 5.73. The molecule has 1 aliphatic carbocycles. The Morgan fingerprint density at radius 2 is 1.94 bits per heavy atom. The summed E-state index contributed by atoms with van der Waals surface area (Å²) in [6, 6.07) is 0.775. The minimum atomic E-state index is -0.673. The molecular formula is C13H28N2O. The summed E-state index contributed by atoms with van der Waals surface area (Å²) in [7, 11) is 2.22. The summed E-state index contributed by atoms with van der Waals surface area (Å²) in [5.74, 6) is 0. The number of rotatable bonds is 6. The van der Waals surface area contributed by atoms with E-state index in [9.17, 15) is 5.11 Å². The second-order valence-corrected chi connectivity index (χ2v) is 5.58. The molecule has 1 fully saturated rings. The van der Waals surface area contributed by atoms with E-state index < -0.39 is 5.60 Å². The highest BCUT2D eigenvalue weighted by Crippen LogP contribution is 2.22. The summed E-state index contributed by atoms with van der Waals surface area (Å²) in [5.41, 5.74) is 4.83. The molecule has 0 heterocycles. The summed E-state index contributed by atoms with van der Waals surface area (Å²) >= 11 is 0. The van der Waals surface area contributed by atoms with Crippen LogP contribution in [0.5, 0.6) is 0 Å². The van der Waals surface area contributed by atoms with E-state index >= 15 is 0 Å². The fourth-order valence-electron chi connectivity index (χ4n) is 2.52. The molecular weight excluding hydrogens is 200 g/mol. The summed E-state index contributed by atoms with van der Waals surface area (Å²) in [6.07, 6.45) is 8.72. The lowest BCUT2D eigenvalue weighted by molar-refractivity contribution is 0.0529. The minimum absolute atomic E-state index is 0.361. The highest BCUT2D eigenvalue weighted by molar-refractivity contribution is 4.76. The van der Waals surface area contributed by atoms with Crippen LogP contribution < -0.4 is 5.73 Å². The van der Waals surface area contributed by atoms with E-state index in [-0.39, 0.29) is 0 Å². The lowest BCUT2D eigenvalue weighted by Crippen LogP contribution is -2.37. The van der Waals surface area contributed by atoms with Crippen molar-refractivity contribution in [1.29, 1.82) is 0 Å². The maximum atomic E-state index is 9.80. The summed E-state index contributed by atoms with van der Waals surface area (Å²) in [4.78, 5) is 2.46. The Bertz CT molecular complexity index is 188. The van der Waals surface area contributed by atoms with Gasteiger partial charge in [-0.05, 0) is 46.2 Å². The topological polar surface area (TPSA) is 49.5 Å². The molecule has 0 aromatic carbocycles. The molecule has 0 aromatic heterocycles. The first-order valence-corrected chi connectivity index (χ1v) is 6.68. The highest BCUT2D eigenvalue weighted by atomic mass is 16.3. The maximum Gasteiger partial charge on any atom is 0.0741 e. The second kappa shape index (κ2) is 6.58. The van der Waals surface area contributed by atoms with Gasteiger partial charge < -0.3 is 15.7 Å². The van der Waals surface area contributed by atoms with Gasteiger partial charge in [0, 0.05) is 12.6 Å². The fraction of sp³-hybridized carbons (Fsp3) is 1.00. The molecule has 0 saturated heterocycles. The minimum Gasteiger partial charge on any atom is -0.389 e. The molecule has 0 aliphatic heterocycles. The molecule has 1 rings (SSSR count). The van der Waals surface area contributed by atoms with Gasteiger partial charge >= 0.3 is 0 Å². The van der Waals surface area contributed by atoms with E-state index in [1.54, 1.807) is 0 Å². The first-order valence-electron chi connectivity index (χ1n) is 6.68. The summed E-state index contributed by atoms with van der Waals surface area (Å²) in [5, 5.41) is 9.80. The largest absolute Gasteiger partial charge is 0.389 e. The van der Waals surface area contributed by atoms with Crippen molar-refractivity contribution in [2.75, 3.05) is 20.1 Å². The van der Waals surface area contributed by atoms with Gasteiger partial charge in [0.25, 0.3) is 0 Å². The van der Waals surface area contributed by atoms with Crippen LogP contribution in [-0.4, -0.2) is 41.8 Å². The van der Waals surface area contributed by atoms with Gasteiger partial charge in [0.05, 0.1) is 5.60 Å². The first kappa shape index (κ1) is 13.9. The van der Waals surface area contributed by atoms with Crippen molar-refractivity contribution in [3.05, 3.63) is 0 Å². The molecule has 0 aromatic rings. The third-order valence-electron chi connectivity index (χ3n) is 3.86. The van der Waals surface area contributed by atoms with Crippen molar-refractivity contribution < 1.29 is 5.11 Å². The van der Waals surface area contributed by atoms with Gasteiger partial charge in [0.15, 0.2) is 0 Å². The van der Waals surface area contributed by atoms with Gasteiger partial charge in [-0.1, -0.05) is 19.3 Å². The van der Waals surface area contributed by atoms with Crippen molar-refractivity contribution >= 4 is 0 Å². The van der Waals surface area contributed by atoms with Crippen molar-refractivity contribution in [1.82, 2.24) is 4.90 Å². The molecule has 0 amide bonds. The van der Waals surface area contributed by atoms with Crippen LogP contribution in [0.25, 0.3) is 0 Å². The van der Waals surface area contributed by atoms with E-state index in [1.165, 1.54) is 32.1 Å². The van der Waals surface area contributed by atoms with Crippen molar-refractivity contribution in [2.24, 2.45) is 5.73 Å². The predicted octanol–water partition coefficient (Wildman–Crippen LogP) is 1.74. The number of hydrogen-bond acceptors (Lipinski definition) is 3. The van der Waals surface area contributed by atoms with Gasteiger partial charge in [-0.15, -0.1) is 0 Å². The molecule has 1 aliphatic rings. The van der Waals surface area contributed by atoms with E-state index in [2.05, 4.69) is 11.9 Å². The Labute approximate surface area is 100 Å². The van der Waals surface area contributed by atoms with E-state index in [1.807, 2.05) is 6.92 Å². The lowest BCUT2D eigenvalue weighted by Gasteiger charge is -2.32. The third-order valence-corrected chi connectivity index (χ3v) is 3.86. The first-order chi connectivity index (χ1) is 7.55. The van der Waals surface area contributed by atoms with Crippen LogP contribution in [0.3, 0.4) is 0 Å². The number of nitrogens with zero attached hydrogens (tertiary/aromatic N) is 1. The van der Waals surface area contributed by atoms with Crippen LogP contribution >= 0.6 is 0 Å². The molecule has 3 heteroatoms. The monoisotopic (exact) mass is 228 g/mol. The molecule has 3 N–H and O–H groups in total. The number of hydrogen-bond donors (Lipinski definition) is 2. The molecule has 96 valence electrons. The number of nitrogens with two attached hydrogens (primary N) is 1. The van der Waals surface area contributed by atoms with Crippen molar-refractivity contribution in [3.8, 4) is 0 Å². The lowest BCUT2D eigenvalue weighted by atomic mass is 9.94. The molecule has 1 unspecified atom stereocenters. The van der Waals surface area contributed by atoms with Crippen molar-refractivity contribution in [2.45, 2.75) is 63.5 Å². The Balaban J connectivity index is 2.16. The summed E-state index contributed by atoms with van der Waals surface area (Å²) < 4.78 is 0. The number of aliphatic hydroxyl groups is 1. The van der Waals surface area contributed by atoms with Crippen LogP contribution in [0.15, 0.2) is 0 Å². The van der Waals surface area contributed by atoms with Crippen LogP contribution in [0.1, 0.15) is 51.9 Å². The zero-order valence-electron chi connectivity index (χ0n) is 10.9. The van der Waals surface area contributed by atoms with Gasteiger partial charge in [0.1, 0.15) is 0 Å². The zero-order valence-corrected chi connectivity index (χ0v) is 10.9. The molecule has 16 heavy (non-hydrogen) atoms. The van der Waals surface area contributed by atoms with Gasteiger partial charge in [-0.3, -0.25) is 0 Å². The van der Waals surface area contributed by atoms with Gasteiger partial charge in [0.2, 0.25) is 0 Å². The van der Waals surface area contributed by atoms with Crippen LogP contribution in [0.4, 0.5) is 0 Å². The van der Waals surface area contributed by atoms with Crippen LogP contribution in [0.2, 0.25) is 0 Å². The normalized spacial score (nSPS) is 22.3. The SMILES string of the molecule is CN(CCCC(C)(O)CN)C1CCCCC1. The zero-order chi connectivity index (χ0) is 12.0. The summed E-state index contributed by atoms with van der Waals surface area (Å²) in [6.45, 7) is 3.27. The predicted molar refractivity (Wildman–Crippen MR) is 68.4 cm³/mol. The average Bonchev–Trinajstić information content (AvgIpc) is 2.30. The van der Waals surface area contributed by atoms with Gasteiger partial charge in [-0.2, -0.15) is 0 Å². The Hall–Kier alpha value is -0.120. The standard InChI is InChI=1S/C13H28N2O/c1-13(16,11-14)9-6-10-15(2)12-7-4-3-5-8-12/h12,16H,3-11,14H2,1-2H3. The van der Waals surface area contributed by atoms with Crippen LogP contribution in [0, 0.1) is 0 Å². The smallest absolute Gasteiger partial charge is 0.0741 e. The van der Waals surface area contributed by atoms with Crippen molar-refractivity contribution in [3.63, 3.8) is 0 Å². The molecule has 0 radical (unpaired) electrons. The molecule has 3 nitrogen and oxygen atoms in total. The second-order valence-electron chi connectivity index (χ2n) is 5.58. The van der Waals surface area contributed by atoms with Gasteiger partial charge in [-0.25, -0.2) is 0 Å². The quantitative estimate of drug-likeness (QED) is 0.728. The maximum absolute atomic E-state index is 9.80. The van der Waals surface area contributed by atoms with E-state index in [4.69, 9.17) is 5.73 Å². The highest BCUT2D eigenvalue weighted by Gasteiger charge is 2.20. The fourth-order valence-corrected chi connectivity index (χ4v) is 2.52. The third kappa shape index (κ3) is 4.81. The average molecular weight is 228 g/mol. The van der Waals surface area contributed by atoms with E-state index in [0.29, 0.717) is 6.54 Å². The molecule has 1 atom stereocenters.